The average Bonchev–Trinajstić information content (AvgIpc) is 2.94. The number of hydrogen-bond acceptors (Lipinski definition) is 9. The number of aliphatic hydroxyl groups is 1. The minimum absolute atomic E-state index is 0.164. The number of benzene rings is 2. The molecular weight excluding hydrogens is 463 g/mol. The van der Waals surface area contributed by atoms with Gasteiger partial charge in [0.25, 0.3) is 0 Å². The normalized spacial score (nSPS) is 16.2. The second-order valence-electron chi connectivity index (χ2n) is 8.80. The van der Waals surface area contributed by atoms with Crippen molar-refractivity contribution in [2.45, 2.75) is 6.61 Å². The van der Waals surface area contributed by atoms with Gasteiger partial charge in [0, 0.05) is 56.5 Å². The SMILES string of the molecule is CN(c1ccnc(Nc2cc(N3CCOCC3)cc(N3CCOCC3)c2)n1)c1cc(CO)ccc1F. The van der Waals surface area contributed by atoms with Gasteiger partial charge < -0.3 is 34.6 Å². The highest BCUT2D eigenvalue weighted by Gasteiger charge is 2.18. The number of nitrogens with one attached hydrogen (secondary N) is 1. The summed E-state index contributed by atoms with van der Waals surface area (Å²) in [5.41, 5.74) is 4.05. The van der Waals surface area contributed by atoms with Gasteiger partial charge >= 0.3 is 0 Å². The molecule has 5 rings (SSSR count). The summed E-state index contributed by atoms with van der Waals surface area (Å²) in [6.45, 7) is 5.99. The van der Waals surface area contributed by atoms with Crippen molar-refractivity contribution in [3.8, 4) is 0 Å². The highest BCUT2D eigenvalue weighted by atomic mass is 19.1. The zero-order valence-corrected chi connectivity index (χ0v) is 20.4. The lowest BCUT2D eigenvalue weighted by atomic mass is 10.2. The minimum Gasteiger partial charge on any atom is -0.392 e. The van der Waals surface area contributed by atoms with Gasteiger partial charge in [-0.1, -0.05) is 6.07 Å². The number of aliphatic hydroxyl groups excluding tert-OH is 1. The second kappa shape index (κ2) is 11.1. The molecule has 2 aliphatic heterocycles. The summed E-state index contributed by atoms with van der Waals surface area (Å²) in [6.07, 6.45) is 1.64. The van der Waals surface area contributed by atoms with Crippen LogP contribution >= 0.6 is 0 Å². The van der Waals surface area contributed by atoms with Crippen LogP contribution in [0.4, 0.5) is 38.9 Å². The van der Waals surface area contributed by atoms with Crippen molar-refractivity contribution in [3.63, 3.8) is 0 Å². The maximum Gasteiger partial charge on any atom is 0.229 e. The van der Waals surface area contributed by atoms with Gasteiger partial charge in [-0.2, -0.15) is 4.98 Å². The number of aromatic nitrogens is 2. The molecule has 3 heterocycles. The first kappa shape index (κ1) is 24.2. The summed E-state index contributed by atoms with van der Waals surface area (Å²) in [6, 6.07) is 12.7. The number of nitrogens with zero attached hydrogens (tertiary/aromatic N) is 5. The Morgan fingerprint density at radius 3 is 2.19 bits per heavy atom. The summed E-state index contributed by atoms with van der Waals surface area (Å²) >= 11 is 0. The molecule has 0 radical (unpaired) electrons. The maximum atomic E-state index is 14.5. The first-order chi connectivity index (χ1) is 17.6. The van der Waals surface area contributed by atoms with Gasteiger partial charge in [0.05, 0.1) is 38.7 Å². The third kappa shape index (κ3) is 5.51. The third-order valence-corrected chi connectivity index (χ3v) is 6.45. The van der Waals surface area contributed by atoms with Crippen molar-refractivity contribution in [1.29, 1.82) is 0 Å². The molecule has 0 aliphatic carbocycles. The predicted octanol–water partition coefficient (Wildman–Crippen LogP) is 3.29. The summed E-state index contributed by atoms with van der Waals surface area (Å²) in [4.78, 5) is 15.3. The molecular formula is C26H31FN6O3. The first-order valence-corrected chi connectivity index (χ1v) is 12.1. The van der Waals surface area contributed by atoms with E-state index in [0.717, 1.165) is 43.2 Å². The fourth-order valence-corrected chi connectivity index (χ4v) is 4.44. The lowest BCUT2D eigenvalue weighted by Crippen LogP contribution is -2.38. The Labute approximate surface area is 210 Å². The lowest BCUT2D eigenvalue weighted by molar-refractivity contribution is 0.122. The van der Waals surface area contributed by atoms with Crippen LogP contribution in [0, 0.1) is 5.82 Å². The van der Waals surface area contributed by atoms with Gasteiger partial charge in [-0.25, -0.2) is 9.37 Å². The van der Waals surface area contributed by atoms with E-state index in [9.17, 15) is 9.50 Å². The molecule has 2 fully saturated rings. The van der Waals surface area contributed by atoms with Crippen LogP contribution in [0.5, 0.6) is 0 Å². The van der Waals surface area contributed by atoms with Crippen LogP contribution in [0.3, 0.4) is 0 Å². The van der Waals surface area contributed by atoms with E-state index in [1.165, 1.54) is 6.07 Å². The molecule has 0 spiro atoms. The van der Waals surface area contributed by atoms with E-state index in [-0.39, 0.29) is 6.61 Å². The van der Waals surface area contributed by atoms with E-state index in [1.54, 1.807) is 36.3 Å². The summed E-state index contributed by atoms with van der Waals surface area (Å²) < 4.78 is 25.6. The van der Waals surface area contributed by atoms with Gasteiger partial charge in [-0.3, -0.25) is 0 Å². The Morgan fingerprint density at radius 1 is 0.944 bits per heavy atom. The third-order valence-electron chi connectivity index (χ3n) is 6.45. The van der Waals surface area contributed by atoms with Crippen molar-refractivity contribution in [2.24, 2.45) is 0 Å². The van der Waals surface area contributed by atoms with Crippen LogP contribution in [0.2, 0.25) is 0 Å². The van der Waals surface area contributed by atoms with E-state index < -0.39 is 5.82 Å². The minimum atomic E-state index is -0.392. The van der Waals surface area contributed by atoms with Crippen molar-refractivity contribution < 1.29 is 19.0 Å². The molecule has 36 heavy (non-hydrogen) atoms. The van der Waals surface area contributed by atoms with E-state index in [4.69, 9.17) is 9.47 Å². The fraction of sp³-hybridized carbons (Fsp3) is 0.385. The van der Waals surface area contributed by atoms with Gasteiger partial charge in [0.2, 0.25) is 5.95 Å². The van der Waals surface area contributed by atoms with Crippen LogP contribution in [-0.2, 0) is 16.1 Å². The first-order valence-electron chi connectivity index (χ1n) is 12.1. The fourth-order valence-electron chi connectivity index (χ4n) is 4.44. The molecule has 9 nitrogen and oxygen atoms in total. The number of ether oxygens (including phenoxy) is 2. The van der Waals surface area contributed by atoms with Crippen LogP contribution in [0.1, 0.15) is 5.56 Å². The van der Waals surface area contributed by atoms with Crippen LogP contribution < -0.4 is 20.0 Å². The standard InChI is InChI=1S/C26H31FN6O3/c1-31(24-14-19(18-34)2-3-23(24)27)25-4-5-28-26(30-25)29-20-15-21(32-6-10-35-11-7-32)17-22(16-20)33-8-12-36-13-9-33/h2-5,14-17,34H,6-13,18H2,1H3,(H,28,29,30). The number of morpholine rings is 2. The van der Waals surface area contributed by atoms with E-state index in [2.05, 4.69) is 43.3 Å². The Kier molecular flexibility index (Phi) is 7.45. The maximum absolute atomic E-state index is 14.5. The van der Waals surface area contributed by atoms with Crippen LogP contribution in [0.25, 0.3) is 0 Å². The molecule has 1 aromatic heterocycles. The average molecular weight is 495 g/mol. The summed E-state index contributed by atoms with van der Waals surface area (Å²) in [5, 5.41) is 12.8. The molecule has 0 unspecified atom stereocenters. The van der Waals surface area contributed by atoms with Gasteiger partial charge in [-0.05, 0) is 42.0 Å². The monoisotopic (exact) mass is 494 g/mol. The summed E-state index contributed by atoms with van der Waals surface area (Å²) in [7, 11) is 1.74. The molecule has 190 valence electrons. The molecule has 10 heteroatoms. The second-order valence-corrected chi connectivity index (χ2v) is 8.80. The van der Waals surface area contributed by atoms with E-state index in [1.807, 2.05) is 0 Å². The zero-order chi connectivity index (χ0) is 24.9. The van der Waals surface area contributed by atoms with Gasteiger partial charge in [0.1, 0.15) is 11.6 Å². The number of anilines is 6. The highest BCUT2D eigenvalue weighted by molar-refractivity contribution is 5.72. The molecule has 0 bridgehead atoms. The highest BCUT2D eigenvalue weighted by Crippen LogP contribution is 2.31. The topological polar surface area (TPSA) is 86.2 Å². The zero-order valence-electron chi connectivity index (χ0n) is 20.4. The van der Waals surface area contributed by atoms with Crippen molar-refractivity contribution >= 4 is 34.5 Å². The molecule has 3 aromatic rings. The number of hydrogen-bond donors (Lipinski definition) is 2. The largest absolute Gasteiger partial charge is 0.392 e. The Balaban J connectivity index is 1.43. The van der Waals surface area contributed by atoms with Crippen LogP contribution in [0.15, 0.2) is 48.7 Å². The molecule has 2 aromatic carbocycles. The quantitative estimate of drug-likeness (QED) is 0.514. The summed E-state index contributed by atoms with van der Waals surface area (Å²) in [5.74, 6) is 0.542. The van der Waals surface area contributed by atoms with Crippen LogP contribution in [-0.4, -0.2) is 74.7 Å². The molecule has 2 N–H and O–H groups in total. The molecule has 2 saturated heterocycles. The molecule has 2 aliphatic rings. The Morgan fingerprint density at radius 2 is 1.58 bits per heavy atom. The van der Waals surface area contributed by atoms with E-state index >= 15 is 0 Å². The Hall–Kier alpha value is -3.47. The number of halogens is 1. The van der Waals surface area contributed by atoms with Crippen molar-refractivity contribution in [3.05, 3.63) is 60.0 Å². The molecule has 0 amide bonds. The Bertz CT molecular complexity index is 1150. The smallest absolute Gasteiger partial charge is 0.229 e. The van der Waals surface area contributed by atoms with Crippen molar-refractivity contribution in [2.75, 3.05) is 79.7 Å². The van der Waals surface area contributed by atoms with E-state index in [0.29, 0.717) is 49.4 Å². The predicted molar refractivity (Wildman–Crippen MR) is 138 cm³/mol. The molecule has 0 saturated carbocycles. The van der Waals surface area contributed by atoms with Crippen molar-refractivity contribution in [1.82, 2.24) is 9.97 Å². The molecule has 0 atom stereocenters. The number of rotatable bonds is 7. The van der Waals surface area contributed by atoms with Gasteiger partial charge in [-0.15, -0.1) is 0 Å². The lowest BCUT2D eigenvalue weighted by Gasteiger charge is -2.33. The van der Waals surface area contributed by atoms with Gasteiger partial charge in [0.15, 0.2) is 0 Å².